The highest BCUT2D eigenvalue weighted by molar-refractivity contribution is 5.96. The van der Waals surface area contributed by atoms with Gasteiger partial charge in [0, 0.05) is 6.54 Å². The minimum absolute atomic E-state index is 0.0970. The molecule has 0 aromatic heterocycles. The van der Waals surface area contributed by atoms with Crippen molar-refractivity contribution in [2.75, 3.05) is 6.54 Å². The maximum atomic E-state index is 12.7. The average Bonchev–Trinajstić information content (AvgIpc) is 3.14. The van der Waals surface area contributed by atoms with Gasteiger partial charge in [0.25, 0.3) is 0 Å². The zero-order valence-corrected chi connectivity index (χ0v) is 16.9. The van der Waals surface area contributed by atoms with E-state index in [0.717, 1.165) is 4.90 Å². The van der Waals surface area contributed by atoms with Gasteiger partial charge < -0.3 is 42.3 Å². The summed E-state index contributed by atoms with van der Waals surface area (Å²) in [6.07, 6.45) is -1.82. The van der Waals surface area contributed by atoms with Crippen LogP contribution in [0.25, 0.3) is 0 Å². The molecule has 32 heavy (non-hydrogen) atoms. The molecule has 0 aliphatic carbocycles. The molecule has 1 heterocycles. The fourth-order valence-electron chi connectivity index (χ4n) is 3.12. The van der Waals surface area contributed by atoms with E-state index in [2.05, 4.69) is 5.32 Å². The number of amides is 4. The molecule has 1 aliphatic heterocycles. The third kappa shape index (κ3) is 7.82. The molecule has 1 saturated heterocycles. The number of carboxylic acid groups (broad SMARTS) is 3. The normalized spacial score (nSPS) is 18.2. The maximum absolute atomic E-state index is 12.7. The van der Waals surface area contributed by atoms with Crippen LogP contribution in [-0.4, -0.2) is 92.5 Å². The molecular weight excluding hydrogens is 434 g/mol. The van der Waals surface area contributed by atoms with E-state index in [-0.39, 0.29) is 13.0 Å². The summed E-state index contributed by atoms with van der Waals surface area (Å²) in [4.78, 5) is 82.6. The SMILES string of the molecule is NC(=O)CC(NC(=O)C(CC(=O)O)NC(=O)C1CCCN1C(=O)C(N)CC(=O)O)C(=O)O. The first-order valence-corrected chi connectivity index (χ1v) is 9.45. The third-order valence-corrected chi connectivity index (χ3v) is 4.58. The number of nitrogens with one attached hydrogen (secondary N) is 2. The van der Waals surface area contributed by atoms with Crippen molar-refractivity contribution >= 4 is 41.5 Å². The number of aliphatic carboxylic acids is 3. The van der Waals surface area contributed by atoms with Gasteiger partial charge in [0.2, 0.25) is 23.6 Å². The fraction of sp³-hybridized carbons (Fsp3) is 0.588. The van der Waals surface area contributed by atoms with Gasteiger partial charge in [0.05, 0.1) is 25.3 Å². The van der Waals surface area contributed by atoms with Crippen molar-refractivity contribution < 1.29 is 48.9 Å². The van der Waals surface area contributed by atoms with Crippen molar-refractivity contribution in [1.29, 1.82) is 0 Å². The Morgan fingerprint density at radius 2 is 1.50 bits per heavy atom. The second kappa shape index (κ2) is 11.6. The summed E-state index contributed by atoms with van der Waals surface area (Å²) in [5.41, 5.74) is 10.5. The van der Waals surface area contributed by atoms with Crippen molar-refractivity contribution in [3.63, 3.8) is 0 Å². The van der Waals surface area contributed by atoms with Crippen molar-refractivity contribution in [2.24, 2.45) is 11.5 Å². The number of hydrogen-bond acceptors (Lipinski definition) is 8. The van der Waals surface area contributed by atoms with E-state index in [1.165, 1.54) is 0 Å². The number of rotatable bonds is 12. The molecule has 15 nitrogen and oxygen atoms in total. The molecular formula is C17H25N5O10. The molecule has 1 aliphatic rings. The van der Waals surface area contributed by atoms with Gasteiger partial charge in [-0.25, -0.2) is 4.79 Å². The van der Waals surface area contributed by atoms with E-state index < -0.39 is 85.0 Å². The molecule has 15 heteroatoms. The zero-order chi connectivity index (χ0) is 24.6. The molecule has 0 radical (unpaired) electrons. The average molecular weight is 459 g/mol. The fourth-order valence-corrected chi connectivity index (χ4v) is 3.12. The lowest BCUT2D eigenvalue weighted by molar-refractivity contribution is -0.146. The summed E-state index contributed by atoms with van der Waals surface area (Å²) in [5, 5.41) is 31.0. The highest BCUT2D eigenvalue weighted by atomic mass is 16.4. The largest absolute Gasteiger partial charge is 0.481 e. The minimum atomic E-state index is -1.74. The van der Waals surface area contributed by atoms with Gasteiger partial charge in [0.1, 0.15) is 18.1 Å². The molecule has 4 unspecified atom stereocenters. The quantitative estimate of drug-likeness (QED) is 0.149. The number of nitrogens with zero attached hydrogens (tertiary/aromatic N) is 1. The van der Waals surface area contributed by atoms with Crippen LogP contribution in [0.5, 0.6) is 0 Å². The third-order valence-electron chi connectivity index (χ3n) is 4.58. The predicted octanol–water partition coefficient (Wildman–Crippen LogP) is -3.82. The van der Waals surface area contributed by atoms with Crippen LogP contribution < -0.4 is 22.1 Å². The highest BCUT2D eigenvalue weighted by Gasteiger charge is 2.38. The number of nitrogens with two attached hydrogens (primary N) is 2. The Labute approximate surface area is 181 Å². The molecule has 0 saturated carbocycles. The standard InChI is InChI=1S/C17H25N5O10/c18-7(4-12(24)25)16(30)22-3-1-2-10(22)15(29)20-8(6-13(26)27)14(28)21-9(17(31)32)5-11(19)23/h7-10H,1-6,18H2,(H2,19,23)(H,20,29)(H,21,28)(H,24,25)(H,26,27)(H,31,32). The Morgan fingerprint density at radius 1 is 0.906 bits per heavy atom. The van der Waals surface area contributed by atoms with E-state index in [9.17, 15) is 33.6 Å². The number of likely N-dealkylation sites (tertiary alicyclic amines) is 1. The summed E-state index contributed by atoms with van der Waals surface area (Å²) in [6, 6.07) is -6.00. The van der Waals surface area contributed by atoms with E-state index in [4.69, 9.17) is 26.8 Å². The molecule has 0 spiro atoms. The molecule has 1 rings (SSSR count). The number of carboxylic acids is 3. The molecule has 4 amide bonds. The topological polar surface area (TPSA) is 260 Å². The van der Waals surface area contributed by atoms with Crippen LogP contribution in [0.1, 0.15) is 32.1 Å². The summed E-state index contributed by atoms with van der Waals surface area (Å²) < 4.78 is 0. The molecule has 0 bridgehead atoms. The van der Waals surface area contributed by atoms with Crippen LogP contribution >= 0.6 is 0 Å². The Balaban J connectivity index is 2.94. The number of carbonyl (C=O) groups is 7. The van der Waals surface area contributed by atoms with Crippen LogP contribution in [0.2, 0.25) is 0 Å². The Kier molecular flexibility index (Phi) is 9.52. The van der Waals surface area contributed by atoms with Gasteiger partial charge in [0.15, 0.2) is 0 Å². The lowest BCUT2D eigenvalue weighted by Gasteiger charge is -2.28. The molecule has 0 aromatic rings. The van der Waals surface area contributed by atoms with Crippen molar-refractivity contribution in [3.05, 3.63) is 0 Å². The Hall–Kier alpha value is -3.75. The summed E-state index contributed by atoms with van der Waals surface area (Å²) in [7, 11) is 0. The van der Waals surface area contributed by atoms with Crippen LogP contribution in [0.15, 0.2) is 0 Å². The van der Waals surface area contributed by atoms with Gasteiger partial charge in [-0.3, -0.25) is 28.8 Å². The maximum Gasteiger partial charge on any atom is 0.326 e. The second-order valence-corrected chi connectivity index (χ2v) is 7.12. The highest BCUT2D eigenvalue weighted by Crippen LogP contribution is 2.19. The van der Waals surface area contributed by atoms with Gasteiger partial charge in [-0.2, -0.15) is 0 Å². The van der Waals surface area contributed by atoms with Crippen LogP contribution in [-0.2, 0) is 33.6 Å². The van der Waals surface area contributed by atoms with Gasteiger partial charge in [-0.15, -0.1) is 0 Å². The van der Waals surface area contributed by atoms with Crippen molar-refractivity contribution in [1.82, 2.24) is 15.5 Å². The van der Waals surface area contributed by atoms with E-state index >= 15 is 0 Å². The molecule has 178 valence electrons. The van der Waals surface area contributed by atoms with Crippen molar-refractivity contribution in [3.8, 4) is 0 Å². The predicted molar refractivity (Wildman–Crippen MR) is 103 cm³/mol. The smallest absolute Gasteiger partial charge is 0.326 e. The first-order valence-electron chi connectivity index (χ1n) is 9.45. The van der Waals surface area contributed by atoms with Gasteiger partial charge >= 0.3 is 17.9 Å². The van der Waals surface area contributed by atoms with Crippen LogP contribution in [0, 0.1) is 0 Å². The minimum Gasteiger partial charge on any atom is -0.481 e. The zero-order valence-electron chi connectivity index (χ0n) is 16.9. The lowest BCUT2D eigenvalue weighted by atomic mass is 10.1. The number of primary amides is 1. The van der Waals surface area contributed by atoms with Crippen molar-refractivity contribution in [2.45, 2.75) is 56.3 Å². The number of hydrogen-bond donors (Lipinski definition) is 7. The first kappa shape index (κ1) is 26.3. The second-order valence-electron chi connectivity index (χ2n) is 7.12. The first-order chi connectivity index (χ1) is 14.8. The van der Waals surface area contributed by atoms with Gasteiger partial charge in [-0.1, -0.05) is 0 Å². The van der Waals surface area contributed by atoms with Gasteiger partial charge in [-0.05, 0) is 12.8 Å². The van der Waals surface area contributed by atoms with Crippen LogP contribution in [0.4, 0.5) is 0 Å². The van der Waals surface area contributed by atoms with E-state index in [0.29, 0.717) is 6.42 Å². The summed E-state index contributed by atoms with van der Waals surface area (Å²) in [6.45, 7) is 0.0970. The van der Waals surface area contributed by atoms with E-state index in [1.54, 1.807) is 0 Å². The molecule has 9 N–H and O–H groups in total. The molecule has 1 fully saturated rings. The monoisotopic (exact) mass is 459 g/mol. The van der Waals surface area contributed by atoms with Crippen LogP contribution in [0.3, 0.4) is 0 Å². The molecule has 4 atom stereocenters. The lowest BCUT2D eigenvalue weighted by Crippen LogP contribution is -2.57. The Morgan fingerprint density at radius 3 is 2.00 bits per heavy atom. The molecule has 0 aromatic carbocycles. The van der Waals surface area contributed by atoms with E-state index in [1.807, 2.05) is 5.32 Å². The summed E-state index contributed by atoms with van der Waals surface area (Å²) >= 11 is 0. The Bertz CT molecular complexity index is 801. The number of carbonyl (C=O) groups excluding carboxylic acids is 4. The summed E-state index contributed by atoms with van der Waals surface area (Å²) in [5.74, 6) is -8.32.